The molecular formula is C22H22ClF3N4O4. The van der Waals surface area contributed by atoms with Crippen LogP contribution in [0, 0.1) is 5.92 Å². The van der Waals surface area contributed by atoms with E-state index in [1.54, 1.807) is 18.2 Å². The van der Waals surface area contributed by atoms with Crippen LogP contribution in [-0.4, -0.2) is 54.3 Å². The zero-order chi connectivity index (χ0) is 23.8. The molecule has 1 aliphatic heterocycles. The van der Waals surface area contributed by atoms with Crippen LogP contribution in [0.3, 0.4) is 0 Å². The minimum Gasteiger partial charge on any atom is -0.477 e. The van der Waals surface area contributed by atoms with Gasteiger partial charge in [-0.15, -0.1) is 23.4 Å². The molecule has 0 radical (unpaired) electrons. The van der Waals surface area contributed by atoms with Crippen LogP contribution >= 0.6 is 11.6 Å². The molecule has 4 aliphatic carbocycles. The van der Waals surface area contributed by atoms with Crippen molar-refractivity contribution < 1.29 is 31.9 Å². The lowest BCUT2D eigenvalue weighted by atomic mass is 9.40. The van der Waals surface area contributed by atoms with Crippen molar-refractivity contribution in [1.29, 1.82) is 0 Å². The van der Waals surface area contributed by atoms with Crippen LogP contribution in [0.15, 0.2) is 22.6 Å². The summed E-state index contributed by atoms with van der Waals surface area (Å²) in [6.45, 7) is 0.386. The standard InChI is InChI=1S/C22H22ClF3N4O4/c1-30-9-16(32-15-3-2-12(23)6-14(15)30)18(31)27-17-11-7-21(17,8-11)20-29-28-19(33-20)10-4-13(5-10)34-22(24,25)26/h2-3,6,10-11,13,16-17H,4-5,7-9H2,1H3,(H,27,31). The number of carbonyl (C=O) groups is 1. The number of halogens is 4. The summed E-state index contributed by atoms with van der Waals surface area (Å²) < 4.78 is 52.9. The number of nitrogens with one attached hydrogen (secondary N) is 1. The van der Waals surface area contributed by atoms with E-state index in [1.165, 1.54) is 0 Å². The van der Waals surface area contributed by atoms with Crippen molar-refractivity contribution in [3.63, 3.8) is 0 Å². The van der Waals surface area contributed by atoms with E-state index in [2.05, 4.69) is 20.3 Å². The molecule has 1 aromatic carbocycles. The fourth-order valence-electron chi connectivity index (χ4n) is 5.52. The van der Waals surface area contributed by atoms with Gasteiger partial charge in [-0.2, -0.15) is 0 Å². The Bertz CT molecular complexity index is 1130. The van der Waals surface area contributed by atoms with Crippen molar-refractivity contribution in [2.45, 2.75) is 61.6 Å². The Balaban J connectivity index is 1.09. The zero-order valence-corrected chi connectivity index (χ0v) is 18.9. The van der Waals surface area contributed by atoms with Gasteiger partial charge < -0.3 is 19.4 Å². The fraction of sp³-hybridized carbons (Fsp3) is 0.591. The van der Waals surface area contributed by atoms with E-state index in [9.17, 15) is 18.0 Å². The summed E-state index contributed by atoms with van der Waals surface area (Å²) in [5, 5.41) is 12.0. The summed E-state index contributed by atoms with van der Waals surface area (Å²) in [6, 6.07) is 5.14. The average Bonchev–Trinajstić information content (AvgIpc) is 3.16. The molecule has 4 fully saturated rings. The third-order valence-electron chi connectivity index (χ3n) is 7.56. The quantitative estimate of drug-likeness (QED) is 0.674. The Morgan fingerprint density at radius 1 is 1.29 bits per heavy atom. The Hall–Kier alpha value is -2.53. The van der Waals surface area contributed by atoms with Gasteiger partial charge in [-0.05, 0) is 49.8 Å². The highest BCUT2D eigenvalue weighted by Gasteiger charge is 2.70. The molecule has 2 bridgehead atoms. The third kappa shape index (κ3) is 3.51. The largest absolute Gasteiger partial charge is 0.522 e. The minimum atomic E-state index is -4.64. The molecule has 2 heterocycles. The van der Waals surface area contributed by atoms with Gasteiger partial charge >= 0.3 is 6.36 Å². The van der Waals surface area contributed by atoms with Crippen molar-refractivity contribution in [3.05, 3.63) is 35.0 Å². The molecule has 1 amide bonds. The van der Waals surface area contributed by atoms with Gasteiger partial charge in [0.15, 0.2) is 6.10 Å². The van der Waals surface area contributed by atoms with E-state index in [4.69, 9.17) is 20.8 Å². The molecule has 0 saturated heterocycles. The van der Waals surface area contributed by atoms with E-state index < -0.39 is 24.0 Å². The van der Waals surface area contributed by atoms with Gasteiger partial charge in [-0.25, -0.2) is 0 Å². The predicted octanol–water partition coefficient (Wildman–Crippen LogP) is 3.55. The molecule has 5 aliphatic rings. The first-order chi connectivity index (χ1) is 16.1. The van der Waals surface area contributed by atoms with Crippen LogP contribution in [0.5, 0.6) is 5.75 Å². The lowest BCUT2D eigenvalue weighted by Gasteiger charge is -2.66. The Morgan fingerprint density at radius 3 is 2.74 bits per heavy atom. The van der Waals surface area contributed by atoms with Gasteiger partial charge in [0.25, 0.3) is 5.91 Å². The van der Waals surface area contributed by atoms with Gasteiger partial charge in [0.2, 0.25) is 11.8 Å². The number of hydrogen-bond donors (Lipinski definition) is 1. The summed E-state index contributed by atoms with van der Waals surface area (Å²) in [5.41, 5.74) is 0.417. The molecule has 1 aromatic heterocycles. The first-order valence-corrected chi connectivity index (χ1v) is 11.6. The number of ether oxygens (including phenoxy) is 2. The topological polar surface area (TPSA) is 89.7 Å². The van der Waals surface area contributed by atoms with E-state index in [0.29, 0.717) is 35.0 Å². The molecule has 34 heavy (non-hydrogen) atoms. The second-order valence-electron chi connectivity index (χ2n) is 9.71. The number of hydrogen-bond acceptors (Lipinski definition) is 7. The van der Waals surface area contributed by atoms with Crippen molar-refractivity contribution in [2.24, 2.45) is 5.92 Å². The number of aromatic nitrogens is 2. The molecule has 1 N–H and O–H groups in total. The molecule has 2 unspecified atom stereocenters. The highest BCUT2D eigenvalue weighted by atomic mass is 35.5. The van der Waals surface area contributed by atoms with Crippen LogP contribution in [0.1, 0.15) is 43.4 Å². The summed E-state index contributed by atoms with van der Waals surface area (Å²) in [6.07, 6.45) is -4.15. The Kier molecular flexibility index (Phi) is 4.83. The van der Waals surface area contributed by atoms with Crippen LogP contribution in [0.2, 0.25) is 5.02 Å². The lowest BCUT2D eigenvalue weighted by molar-refractivity contribution is -0.352. The second kappa shape index (κ2) is 7.48. The summed E-state index contributed by atoms with van der Waals surface area (Å²) in [7, 11) is 1.88. The highest BCUT2D eigenvalue weighted by molar-refractivity contribution is 6.31. The zero-order valence-electron chi connectivity index (χ0n) is 18.1. The van der Waals surface area contributed by atoms with Crippen LogP contribution in [0.4, 0.5) is 18.9 Å². The molecule has 2 atom stereocenters. The number of carbonyl (C=O) groups excluding carboxylic acids is 1. The van der Waals surface area contributed by atoms with Gasteiger partial charge in [0.05, 0.1) is 23.8 Å². The van der Waals surface area contributed by atoms with Gasteiger partial charge in [0, 0.05) is 24.0 Å². The third-order valence-corrected chi connectivity index (χ3v) is 7.80. The number of fused-ring (bicyclic) bond motifs is 1. The minimum absolute atomic E-state index is 0.128. The summed E-state index contributed by atoms with van der Waals surface area (Å²) >= 11 is 6.06. The average molecular weight is 499 g/mol. The normalized spacial score (nSPS) is 33.7. The van der Waals surface area contributed by atoms with Crippen LogP contribution < -0.4 is 15.0 Å². The molecular weight excluding hydrogens is 477 g/mol. The smallest absolute Gasteiger partial charge is 0.477 e. The maximum Gasteiger partial charge on any atom is 0.522 e. The van der Waals surface area contributed by atoms with Gasteiger partial charge in [0.1, 0.15) is 5.75 Å². The molecule has 7 rings (SSSR count). The molecule has 4 saturated carbocycles. The number of rotatable bonds is 5. The van der Waals surface area contributed by atoms with Crippen LogP contribution in [0.25, 0.3) is 0 Å². The fourth-order valence-corrected chi connectivity index (χ4v) is 5.69. The second-order valence-corrected chi connectivity index (χ2v) is 10.1. The van der Waals surface area contributed by atoms with Gasteiger partial charge in [-0.3, -0.25) is 9.53 Å². The molecule has 8 nitrogen and oxygen atoms in total. The number of alkyl halides is 3. The Labute approximate surface area is 197 Å². The van der Waals surface area contributed by atoms with Crippen molar-refractivity contribution in [1.82, 2.24) is 15.5 Å². The van der Waals surface area contributed by atoms with E-state index in [-0.39, 0.29) is 30.7 Å². The first-order valence-electron chi connectivity index (χ1n) is 11.2. The number of likely N-dealkylation sites (N-methyl/N-ethyl adjacent to an activating group) is 1. The number of amides is 1. The SMILES string of the molecule is CN1CC(C(=O)NC2C3CC2(c2nnc(C4CC(OC(F)(F)F)C4)o2)C3)Oc2ccc(Cl)cc21. The Morgan fingerprint density at radius 2 is 2.06 bits per heavy atom. The van der Waals surface area contributed by atoms with Crippen molar-refractivity contribution >= 4 is 23.2 Å². The number of benzene rings is 1. The summed E-state index contributed by atoms with van der Waals surface area (Å²) in [5.74, 6) is 1.25. The maximum atomic E-state index is 13.0. The van der Waals surface area contributed by atoms with Crippen molar-refractivity contribution in [2.75, 3.05) is 18.5 Å². The lowest BCUT2D eigenvalue weighted by Crippen LogP contribution is -2.75. The number of anilines is 1. The van der Waals surface area contributed by atoms with Crippen molar-refractivity contribution in [3.8, 4) is 5.75 Å². The molecule has 12 heteroatoms. The van der Waals surface area contributed by atoms with E-state index in [0.717, 1.165) is 18.5 Å². The maximum absolute atomic E-state index is 13.0. The molecule has 0 spiro atoms. The number of nitrogens with zero attached hydrogens (tertiary/aromatic N) is 3. The molecule has 182 valence electrons. The van der Waals surface area contributed by atoms with Crippen LogP contribution in [-0.2, 0) is 14.9 Å². The van der Waals surface area contributed by atoms with Gasteiger partial charge in [-0.1, -0.05) is 11.6 Å². The monoisotopic (exact) mass is 498 g/mol. The van der Waals surface area contributed by atoms with E-state index in [1.807, 2.05) is 11.9 Å². The molecule has 2 aromatic rings. The van der Waals surface area contributed by atoms with E-state index >= 15 is 0 Å². The predicted molar refractivity (Wildman–Crippen MR) is 113 cm³/mol. The first kappa shape index (κ1) is 22.0. The summed E-state index contributed by atoms with van der Waals surface area (Å²) in [4.78, 5) is 15.0. The highest BCUT2D eigenvalue weighted by Crippen LogP contribution is 2.65.